The van der Waals surface area contributed by atoms with Gasteiger partial charge in [0.2, 0.25) is 0 Å². The predicted octanol–water partition coefficient (Wildman–Crippen LogP) is 3.96. The number of fused-ring (bicyclic) bond motifs is 1. The van der Waals surface area contributed by atoms with Crippen LogP contribution in [0.3, 0.4) is 0 Å². The van der Waals surface area contributed by atoms with Crippen LogP contribution >= 0.6 is 39.3 Å². The topological polar surface area (TPSA) is 76.0 Å². The molecule has 1 amide bonds. The summed E-state index contributed by atoms with van der Waals surface area (Å²) >= 11 is 11.2. The molecule has 0 radical (unpaired) electrons. The van der Waals surface area contributed by atoms with E-state index in [0.717, 1.165) is 10.0 Å². The number of thioether (sulfide) groups is 1. The van der Waals surface area contributed by atoms with Gasteiger partial charge < -0.3 is 9.64 Å². The van der Waals surface area contributed by atoms with E-state index >= 15 is 0 Å². The van der Waals surface area contributed by atoms with Crippen molar-refractivity contribution >= 4 is 65.9 Å². The molecule has 0 bridgehead atoms. The molecule has 2 aromatic carbocycles. The van der Waals surface area contributed by atoms with Gasteiger partial charge in [0.1, 0.15) is 5.75 Å². The average Bonchev–Trinajstić information content (AvgIpc) is 3.13. The van der Waals surface area contributed by atoms with Gasteiger partial charge >= 0.3 is 0 Å². The second kappa shape index (κ2) is 8.53. The van der Waals surface area contributed by atoms with E-state index < -0.39 is 9.84 Å². The molecular weight excluding hydrogens is 512 g/mol. The van der Waals surface area contributed by atoms with E-state index in [1.165, 1.54) is 11.8 Å². The molecule has 2 aliphatic rings. The maximum Gasteiger partial charge on any atom is 0.252 e. The molecule has 10 heteroatoms. The number of hydrogen-bond acceptors (Lipinski definition) is 5. The number of carbonyl (C=O) groups is 1. The van der Waals surface area contributed by atoms with Crippen LogP contribution in [0.2, 0.25) is 5.02 Å². The molecule has 2 aliphatic heterocycles. The van der Waals surface area contributed by atoms with E-state index in [4.69, 9.17) is 16.3 Å². The Hall–Kier alpha value is -1.55. The molecule has 0 saturated carbocycles. The van der Waals surface area contributed by atoms with Gasteiger partial charge in [0, 0.05) is 15.3 Å². The molecule has 2 fully saturated rings. The van der Waals surface area contributed by atoms with Crippen LogP contribution in [0.15, 0.2) is 51.9 Å². The number of ether oxygens (including phenoxy) is 1. The van der Waals surface area contributed by atoms with Crippen molar-refractivity contribution in [3.05, 3.63) is 57.5 Å². The van der Waals surface area contributed by atoms with E-state index in [1.807, 2.05) is 24.3 Å². The number of hydrogen-bond donors (Lipinski definition) is 0. The minimum atomic E-state index is -3.15. The summed E-state index contributed by atoms with van der Waals surface area (Å²) < 4.78 is 30.5. The smallest absolute Gasteiger partial charge is 0.252 e. The third kappa shape index (κ3) is 4.39. The highest BCUT2D eigenvalue weighted by molar-refractivity contribution is 9.10. The van der Waals surface area contributed by atoms with Crippen molar-refractivity contribution < 1.29 is 17.9 Å². The lowest BCUT2D eigenvalue weighted by molar-refractivity contribution is -0.117. The number of benzene rings is 2. The molecule has 30 heavy (non-hydrogen) atoms. The fourth-order valence-corrected chi connectivity index (χ4v) is 8.37. The van der Waals surface area contributed by atoms with Gasteiger partial charge in [-0.1, -0.05) is 57.5 Å². The Bertz CT molecular complexity index is 1140. The third-order valence-corrected chi connectivity index (χ3v) is 9.00. The van der Waals surface area contributed by atoms with Gasteiger partial charge in [-0.15, -0.1) is 0 Å². The summed E-state index contributed by atoms with van der Waals surface area (Å²) in [4.78, 5) is 18.9. The zero-order chi connectivity index (χ0) is 21.5. The lowest BCUT2D eigenvalue weighted by Gasteiger charge is -2.25. The van der Waals surface area contributed by atoms with Gasteiger partial charge in [0.05, 0.1) is 41.8 Å². The number of halogens is 2. The normalized spacial score (nSPS) is 23.6. The predicted molar refractivity (Wildman–Crippen MR) is 125 cm³/mol. The standard InChI is InChI=1S/C20H18BrClN2O4S2/c1-28-17-5-3-2-4-12(17)8-19(25)23-20-24(15-7-6-13(21)9-14(15)22)16-10-30(26,27)11-18(16)29-20/h2-7,9,16,18H,8,10-11H2,1H3. The number of amidine groups is 1. The summed E-state index contributed by atoms with van der Waals surface area (Å²) in [6.45, 7) is 0. The van der Waals surface area contributed by atoms with E-state index in [9.17, 15) is 13.2 Å². The molecule has 0 aromatic heterocycles. The molecule has 2 aromatic rings. The van der Waals surface area contributed by atoms with Crippen molar-refractivity contribution in [3.63, 3.8) is 0 Å². The SMILES string of the molecule is COc1ccccc1CC(=O)N=C1SC2CS(=O)(=O)CC2N1c1ccc(Br)cc1Cl. The molecule has 2 heterocycles. The van der Waals surface area contributed by atoms with E-state index in [0.29, 0.717) is 21.6 Å². The maximum absolute atomic E-state index is 12.8. The number of sulfone groups is 1. The first-order valence-electron chi connectivity index (χ1n) is 9.12. The van der Waals surface area contributed by atoms with E-state index in [2.05, 4.69) is 20.9 Å². The Morgan fingerprint density at radius 1 is 1.30 bits per heavy atom. The quantitative estimate of drug-likeness (QED) is 0.597. The Kier molecular flexibility index (Phi) is 6.16. The summed E-state index contributed by atoms with van der Waals surface area (Å²) in [6, 6.07) is 12.4. The highest BCUT2D eigenvalue weighted by Crippen LogP contribution is 2.43. The van der Waals surface area contributed by atoms with Crippen LogP contribution in [-0.2, 0) is 21.1 Å². The summed E-state index contributed by atoms with van der Waals surface area (Å²) in [5, 5.41) is 0.747. The number of methoxy groups -OCH3 is 1. The van der Waals surface area contributed by atoms with Gasteiger partial charge in [-0.2, -0.15) is 4.99 Å². The van der Waals surface area contributed by atoms with Crippen molar-refractivity contribution in [1.29, 1.82) is 0 Å². The molecule has 2 atom stereocenters. The second-order valence-corrected chi connectivity index (χ2v) is 11.7. The van der Waals surface area contributed by atoms with Crippen molar-refractivity contribution in [2.75, 3.05) is 23.5 Å². The third-order valence-electron chi connectivity index (χ3n) is 4.99. The van der Waals surface area contributed by atoms with Crippen LogP contribution in [0.25, 0.3) is 0 Å². The lowest BCUT2D eigenvalue weighted by Crippen LogP contribution is -2.38. The van der Waals surface area contributed by atoms with Crippen LogP contribution in [0.5, 0.6) is 5.75 Å². The van der Waals surface area contributed by atoms with Crippen LogP contribution in [-0.4, -0.2) is 49.4 Å². The van der Waals surface area contributed by atoms with Crippen molar-refractivity contribution in [2.24, 2.45) is 4.99 Å². The van der Waals surface area contributed by atoms with Crippen LogP contribution in [0.4, 0.5) is 5.69 Å². The fourth-order valence-electron chi connectivity index (χ4n) is 3.68. The summed E-state index contributed by atoms with van der Waals surface area (Å²) in [5.41, 5.74) is 1.38. The molecule has 0 N–H and O–H groups in total. The Balaban J connectivity index is 1.68. The zero-order valence-corrected chi connectivity index (χ0v) is 19.9. The minimum absolute atomic E-state index is 0.0107. The Morgan fingerprint density at radius 3 is 2.80 bits per heavy atom. The number of carbonyl (C=O) groups excluding carboxylic acids is 1. The van der Waals surface area contributed by atoms with E-state index in [-0.39, 0.29) is 35.1 Å². The fraction of sp³-hybridized carbons (Fsp3) is 0.300. The van der Waals surface area contributed by atoms with Gasteiger partial charge in [-0.05, 0) is 24.3 Å². The molecule has 0 aliphatic carbocycles. The Morgan fingerprint density at radius 2 is 2.07 bits per heavy atom. The van der Waals surface area contributed by atoms with Gasteiger partial charge in [0.25, 0.3) is 5.91 Å². The number of rotatable bonds is 4. The van der Waals surface area contributed by atoms with Crippen molar-refractivity contribution in [1.82, 2.24) is 0 Å². The molecule has 158 valence electrons. The maximum atomic E-state index is 12.8. The molecule has 4 rings (SSSR count). The number of para-hydroxylation sites is 1. The number of aliphatic imine (C=N–C) groups is 1. The minimum Gasteiger partial charge on any atom is -0.496 e. The molecule has 6 nitrogen and oxygen atoms in total. The summed E-state index contributed by atoms with van der Waals surface area (Å²) in [5.74, 6) is 0.368. The number of amides is 1. The Labute approximate surface area is 192 Å². The van der Waals surface area contributed by atoms with Crippen LogP contribution in [0.1, 0.15) is 5.56 Å². The summed E-state index contributed by atoms with van der Waals surface area (Å²) in [6.07, 6.45) is 0.0869. The molecular formula is C20H18BrClN2O4S2. The average molecular weight is 530 g/mol. The largest absolute Gasteiger partial charge is 0.496 e. The first-order valence-corrected chi connectivity index (χ1v) is 13.0. The van der Waals surface area contributed by atoms with E-state index in [1.54, 1.807) is 30.2 Å². The molecule has 0 spiro atoms. The van der Waals surface area contributed by atoms with Gasteiger partial charge in [0.15, 0.2) is 15.0 Å². The summed E-state index contributed by atoms with van der Waals surface area (Å²) in [7, 11) is -1.59. The highest BCUT2D eigenvalue weighted by atomic mass is 79.9. The second-order valence-electron chi connectivity index (χ2n) is 7.04. The first-order chi connectivity index (χ1) is 14.3. The van der Waals surface area contributed by atoms with Crippen molar-refractivity contribution in [3.8, 4) is 5.75 Å². The van der Waals surface area contributed by atoms with Crippen LogP contribution in [0, 0.1) is 0 Å². The first kappa shape index (κ1) is 21.7. The number of nitrogens with zero attached hydrogens (tertiary/aromatic N) is 2. The monoisotopic (exact) mass is 528 g/mol. The highest BCUT2D eigenvalue weighted by Gasteiger charge is 2.49. The van der Waals surface area contributed by atoms with Gasteiger partial charge in [-0.3, -0.25) is 4.79 Å². The zero-order valence-electron chi connectivity index (χ0n) is 15.9. The lowest BCUT2D eigenvalue weighted by atomic mass is 10.1. The van der Waals surface area contributed by atoms with Crippen molar-refractivity contribution in [2.45, 2.75) is 17.7 Å². The molecule has 2 saturated heterocycles. The van der Waals surface area contributed by atoms with Gasteiger partial charge in [-0.25, -0.2) is 8.42 Å². The number of anilines is 1. The van der Waals surface area contributed by atoms with Crippen LogP contribution < -0.4 is 9.64 Å². The molecule has 2 unspecified atom stereocenters.